The molecule has 9 rings (SSSR count). The first-order valence-electron chi connectivity index (χ1n) is 18.5. The molecule has 3 aromatic carbocycles. The summed E-state index contributed by atoms with van der Waals surface area (Å²) in [5.74, 6) is 6.86. The number of aromatic nitrogens is 2. The minimum Gasteiger partial charge on any atom is -0.458 e. The Bertz CT molecular complexity index is 2270. The van der Waals surface area contributed by atoms with Crippen molar-refractivity contribution in [1.29, 1.82) is 0 Å². The smallest absolute Gasteiger partial charge is 0.260 e. The molecule has 8 nitrogen and oxygen atoms in total. The van der Waals surface area contributed by atoms with Crippen LogP contribution in [0.25, 0.3) is 22.5 Å². The molecule has 0 N–H and O–H groups in total. The Hall–Kier alpha value is -5.44. The van der Waals surface area contributed by atoms with E-state index in [9.17, 15) is 0 Å². The number of rotatable bonds is 4. The van der Waals surface area contributed by atoms with Gasteiger partial charge in [-0.25, -0.2) is 9.97 Å². The number of para-hydroxylation sites is 2. The number of hydrogen-bond donors (Lipinski definition) is 0. The second kappa shape index (κ2) is 11.0. The Labute approximate surface area is 312 Å². The average molecular weight is 701 g/mol. The highest BCUT2D eigenvalue weighted by Crippen LogP contribution is 2.45. The predicted molar refractivity (Wildman–Crippen MR) is 218 cm³/mol. The van der Waals surface area contributed by atoms with Gasteiger partial charge in [0.25, 0.3) is 6.71 Å². The van der Waals surface area contributed by atoms with E-state index in [4.69, 9.17) is 29.4 Å². The average Bonchev–Trinajstić information content (AvgIpc) is 3.38. The van der Waals surface area contributed by atoms with Crippen molar-refractivity contribution < 1.29 is 9.47 Å². The maximum absolute atomic E-state index is 6.83. The van der Waals surface area contributed by atoms with Gasteiger partial charge in [-0.1, -0.05) is 42.5 Å². The van der Waals surface area contributed by atoms with Gasteiger partial charge < -0.3 is 19.3 Å². The zero-order chi connectivity index (χ0) is 37.2. The Morgan fingerprint density at radius 2 is 0.906 bits per heavy atom. The van der Waals surface area contributed by atoms with Gasteiger partial charge in [-0.05, 0) is 129 Å². The number of fused-ring (bicyclic) bond motifs is 4. The SMILES string of the molecule is CC1=NC(C)(C)C(C)(C)N1c1cccc(-c2cccc3c2Oc2cccc4c2B3c2cccc(-c3cccc(N5C(C)=NC(C)(C)C5(C)C)n3)c2O4)n1. The highest BCUT2D eigenvalue weighted by atomic mass is 16.5. The van der Waals surface area contributed by atoms with Crippen LogP contribution in [0.5, 0.6) is 23.0 Å². The lowest BCUT2D eigenvalue weighted by molar-refractivity contribution is 0.337. The molecule has 6 heterocycles. The van der Waals surface area contributed by atoms with Crippen LogP contribution in [0.1, 0.15) is 69.2 Å². The number of aliphatic imine (C=N–C) groups is 2. The molecule has 0 radical (unpaired) electrons. The zero-order valence-electron chi connectivity index (χ0n) is 32.2. The number of benzene rings is 3. The molecule has 0 amide bonds. The van der Waals surface area contributed by atoms with Crippen LogP contribution in [0.15, 0.2) is 101 Å². The van der Waals surface area contributed by atoms with Gasteiger partial charge in [0.15, 0.2) is 0 Å². The number of ether oxygens (including phenoxy) is 2. The maximum atomic E-state index is 6.83. The Balaban J connectivity index is 1.16. The van der Waals surface area contributed by atoms with Crippen LogP contribution < -0.4 is 35.7 Å². The first-order valence-corrected chi connectivity index (χ1v) is 18.5. The van der Waals surface area contributed by atoms with E-state index in [0.717, 1.165) is 85.2 Å². The van der Waals surface area contributed by atoms with E-state index in [1.807, 2.05) is 18.2 Å². The van der Waals surface area contributed by atoms with Gasteiger partial charge in [-0.15, -0.1) is 0 Å². The van der Waals surface area contributed by atoms with Crippen LogP contribution >= 0.6 is 0 Å². The second-order valence-corrected chi connectivity index (χ2v) is 16.7. The summed E-state index contributed by atoms with van der Waals surface area (Å²) in [6, 6.07) is 31.3. The summed E-state index contributed by atoms with van der Waals surface area (Å²) in [5.41, 5.74) is 5.74. The fraction of sp³-hybridized carbons (Fsp3) is 0.318. The molecule has 0 fully saturated rings. The minimum atomic E-state index is -0.258. The van der Waals surface area contributed by atoms with Gasteiger partial charge in [-0.3, -0.25) is 9.98 Å². The van der Waals surface area contributed by atoms with Crippen LogP contribution in [-0.4, -0.2) is 50.5 Å². The van der Waals surface area contributed by atoms with Crippen molar-refractivity contribution in [3.8, 4) is 45.5 Å². The highest BCUT2D eigenvalue weighted by Gasteiger charge is 2.50. The third kappa shape index (κ3) is 4.68. The molecule has 4 aliphatic heterocycles. The van der Waals surface area contributed by atoms with Gasteiger partial charge in [0.05, 0.1) is 33.5 Å². The summed E-state index contributed by atoms with van der Waals surface area (Å²) in [7, 11) is 0. The Morgan fingerprint density at radius 3 is 1.30 bits per heavy atom. The topological polar surface area (TPSA) is 75.4 Å². The summed E-state index contributed by atoms with van der Waals surface area (Å²) in [5, 5.41) is 0. The van der Waals surface area contributed by atoms with Gasteiger partial charge in [-0.2, -0.15) is 0 Å². The van der Waals surface area contributed by atoms with E-state index in [-0.39, 0.29) is 28.9 Å². The van der Waals surface area contributed by atoms with Crippen molar-refractivity contribution in [2.24, 2.45) is 9.98 Å². The van der Waals surface area contributed by atoms with E-state index in [2.05, 4.69) is 152 Å². The molecular formula is C44H45BN6O2. The van der Waals surface area contributed by atoms with Gasteiger partial charge in [0.2, 0.25) is 0 Å². The molecule has 0 atom stereocenters. The molecule has 5 aromatic rings. The largest absolute Gasteiger partial charge is 0.458 e. The van der Waals surface area contributed by atoms with E-state index in [1.165, 1.54) is 0 Å². The van der Waals surface area contributed by atoms with Gasteiger partial charge in [0, 0.05) is 16.6 Å². The fourth-order valence-corrected chi connectivity index (χ4v) is 8.72. The molecule has 0 unspecified atom stereocenters. The molecule has 0 spiro atoms. The lowest BCUT2D eigenvalue weighted by Crippen LogP contribution is -2.57. The summed E-state index contributed by atoms with van der Waals surface area (Å²) in [6.45, 7) is 21.7. The lowest BCUT2D eigenvalue weighted by Gasteiger charge is -2.40. The van der Waals surface area contributed by atoms with Crippen LogP contribution in [0.2, 0.25) is 0 Å². The third-order valence-corrected chi connectivity index (χ3v) is 12.6. The molecule has 2 aromatic heterocycles. The first-order chi connectivity index (χ1) is 25.1. The minimum absolute atomic E-state index is 0.111. The monoisotopic (exact) mass is 700 g/mol. The molecule has 9 heteroatoms. The van der Waals surface area contributed by atoms with E-state index in [1.54, 1.807) is 0 Å². The maximum Gasteiger partial charge on any atom is 0.260 e. The fourth-order valence-electron chi connectivity index (χ4n) is 8.72. The van der Waals surface area contributed by atoms with Crippen LogP contribution in [0.3, 0.4) is 0 Å². The molecule has 0 bridgehead atoms. The summed E-state index contributed by atoms with van der Waals surface area (Å²) in [6.07, 6.45) is 0. The van der Waals surface area contributed by atoms with Crippen LogP contribution in [0.4, 0.5) is 11.6 Å². The van der Waals surface area contributed by atoms with E-state index < -0.39 is 0 Å². The standard InChI is InChI=1S/C44H45BN6O2/c1-26-48-41(3,4)43(7,8)50(26)36-24-13-20-32(46-36)28-16-11-18-30-39(28)52-34-22-15-23-35-38(34)45(30)31-19-12-17-29(40(31)53-35)33-21-14-25-37(47-33)51-27(2)49-42(5,6)44(51,9)10/h11-25H,1-10H3. The lowest BCUT2D eigenvalue weighted by atomic mass is 9.34. The summed E-state index contributed by atoms with van der Waals surface area (Å²) >= 11 is 0. The number of pyridine rings is 2. The van der Waals surface area contributed by atoms with Crippen LogP contribution in [-0.2, 0) is 0 Å². The van der Waals surface area contributed by atoms with Crippen molar-refractivity contribution in [1.82, 2.24) is 9.97 Å². The molecule has 0 saturated heterocycles. The second-order valence-electron chi connectivity index (χ2n) is 16.7. The summed E-state index contributed by atoms with van der Waals surface area (Å²) in [4.78, 5) is 25.1. The van der Waals surface area contributed by atoms with Crippen LogP contribution in [0, 0.1) is 0 Å². The third-order valence-electron chi connectivity index (χ3n) is 12.6. The predicted octanol–water partition coefficient (Wildman–Crippen LogP) is 8.13. The number of amidine groups is 2. The Morgan fingerprint density at radius 1 is 0.509 bits per heavy atom. The van der Waals surface area contributed by atoms with Gasteiger partial charge in [0.1, 0.15) is 46.3 Å². The summed E-state index contributed by atoms with van der Waals surface area (Å²) < 4.78 is 13.7. The molecular weight excluding hydrogens is 655 g/mol. The van der Waals surface area contributed by atoms with Crippen molar-refractivity contribution in [3.05, 3.63) is 91.0 Å². The molecule has 0 aliphatic carbocycles. The normalized spacial score (nSPS) is 19.4. The van der Waals surface area contributed by atoms with Crippen molar-refractivity contribution in [2.45, 2.75) is 91.4 Å². The molecule has 0 saturated carbocycles. The number of anilines is 2. The molecule has 266 valence electrons. The van der Waals surface area contributed by atoms with Gasteiger partial charge >= 0.3 is 0 Å². The molecule has 4 aliphatic rings. The highest BCUT2D eigenvalue weighted by molar-refractivity contribution is 6.98. The van der Waals surface area contributed by atoms with E-state index in [0.29, 0.717) is 0 Å². The van der Waals surface area contributed by atoms with Crippen molar-refractivity contribution in [3.63, 3.8) is 0 Å². The van der Waals surface area contributed by atoms with E-state index >= 15 is 0 Å². The number of nitrogens with zero attached hydrogens (tertiary/aromatic N) is 6. The zero-order valence-corrected chi connectivity index (χ0v) is 32.2. The number of hydrogen-bond acceptors (Lipinski definition) is 8. The molecule has 53 heavy (non-hydrogen) atoms. The quantitative estimate of drug-likeness (QED) is 0.173. The first kappa shape index (κ1) is 33.4. The van der Waals surface area contributed by atoms with Crippen molar-refractivity contribution in [2.75, 3.05) is 9.80 Å². The van der Waals surface area contributed by atoms with Crippen molar-refractivity contribution >= 4 is 46.4 Å². The Kier molecular flexibility index (Phi) is 6.96.